The molecule has 3 N–H and O–H groups in total. The van der Waals surface area contributed by atoms with E-state index in [0.717, 1.165) is 18.7 Å². The summed E-state index contributed by atoms with van der Waals surface area (Å²) in [5.41, 5.74) is 6.17. The van der Waals surface area contributed by atoms with E-state index in [1.807, 2.05) is 6.07 Å². The van der Waals surface area contributed by atoms with E-state index in [9.17, 15) is 0 Å². The molecular formula is C11H15N3. The Balaban J connectivity index is 2.59. The maximum Gasteiger partial charge on any atom is 0.127 e. The van der Waals surface area contributed by atoms with Crippen LogP contribution in [-0.4, -0.2) is 11.0 Å². The van der Waals surface area contributed by atoms with Crippen LogP contribution in [0.5, 0.6) is 0 Å². The van der Waals surface area contributed by atoms with E-state index in [1.165, 1.54) is 0 Å². The minimum atomic E-state index is 0.0520. The van der Waals surface area contributed by atoms with Gasteiger partial charge in [0.15, 0.2) is 0 Å². The third-order valence-electron chi connectivity index (χ3n) is 1.89. The molecule has 3 nitrogen and oxygen atoms in total. The first-order valence-corrected chi connectivity index (χ1v) is 4.70. The van der Waals surface area contributed by atoms with Gasteiger partial charge in [-0.25, -0.2) is 4.98 Å². The van der Waals surface area contributed by atoms with Gasteiger partial charge >= 0.3 is 0 Å². The number of aromatic nitrogens is 1. The van der Waals surface area contributed by atoms with Crippen molar-refractivity contribution < 1.29 is 0 Å². The zero-order valence-corrected chi connectivity index (χ0v) is 8.33. The quantitative estimate of drug-likeness (QED) is 0.711. The number of rotatable bonds is 4. The Bertz CT molecular complexity index is 310. The first-order valence-electron chi connectivity index (χ1n) is 4.70. The van der Waals surface area contributed by atoms with Crippen LogP contribution in [0.25, 0.3) is 0 Å². The van der Waals surface area contributed by atoms with Gasteiger partial charge in [0.2, 0.25) is 0 Å². The molecule has 0 aliphatic heterocycles. The number of nitrogen functional groups attached to an aromatic ring is 1. The van der Waals surface area contributed by atoms with Gasteiger partial charge in [0.1, 0.15) is 5.82 Å². The normalized spacial score (nSPS) is 11.7. The Labute approximate surface area is 84.7 Å². The van der Waals surface area contributed by atoms with Gasteiger partial charge in [0.05, 0.1) is 17.9 Å². The van der Waals surface area contributed by atoms with Crippen molar-refractivity contribution in [2.45, 2.75) is 25.8 Å². The predicted molar refractivity (Wildman–Crippen MR) is 59.8 cm³/mol. The van der Waals surface area contributed by atoms with Crippen molar-refractivity contribution in [3.63, 3.8) is 0 Å². The molecule has 0 saturated heterocycles. The lowest BCUT2D eigenvalue weighted by Crippen LogP contribution is -2.17. The lowest BCUT2D eigenvalue weighted by molar-refractivity contribution is 0.752. The van der Waals surface area contributed by atoms with Gasteiger partial charge in [-0.3, -0.25) is 0 Å². The summed E-state index contributed by atoms with van der Waals surface area (Å²) in [6.07, 6.45) is 8.98. The third kappa shape index (κ3) is 2.98. The highest BCUT2D eigenvalue weighted by Crippen LogP contribution is 2.09. The highest BCUT2D eigenvalue weighted by atomic mass is 15.0. The molecule has 1 aromatic heterocycles. The molecule has 0 radical (unpaired) electrons. The largest absolute Gasteiger partial charge is 0.397 e. The van der Waals surface area contributed by atoms with Crippen LogP contribution in [0.15, 0.2) is 18.3 Å². The van der Waals surface area contributed by atoms with Crippen LogP contribution >= 0.6 is 0 Å². The number of nitrogens with two attached hydrogens (primary N) is 1. The number of nitrogens with one attached hydrogen (secondary N) is 1. The minimum absolute atomic E-state index is 0.0520. The Morgan fingerprint density at radius 2 is 2.43 bits per heavy atom. The van der Waals surface area contributed by atoms with Crippen molar-refractivity contribution >= 4 is 11.5 Å². The Kier molecular flexibility index (Phi) is 3.81. The molecule has 1 heterocycles. The summed E-state index contributed by atoms with van der Waals surface area (Å²) in [6.45, 7) is 2.10. The smallest absolute Gasteiger partial charge is 0.127 e. The van der Waals surface area contributed by atoms with E-state index in [2.05, 4.69) is 23.1 Å². The fourth-order valence-electron chi connectivity index (χ4n) is 1.16. The minimum Gasteiger partial charge on any atom is -0.397 e. The molecular weight excluding hydrogens is 174 g/mol. The summed E-state index contributed by atoms with van der Waals surface area (Å²) in [6, 6.07) is 3.68. The molecule has 0 fully saturated rings. The zero-order chi connectivity index (χ0) is 10.4. The van der Waals surface area contributed by atoms with Crippen LogP contribution in [0.2, 0.25) is 0 Å². The topological polar surface area (TPSA) is 50.9 Å². The number of nitrogens with zero attached hydrogens (tertiary/aromatic N) is 1. The summed E-state index contributed by atoms with van der Waals surface area (Å²) < 4.78 is 0. The van der Waals surface area contributed by atoms with Crippen LogP contribution in [0.4, 0.5) is 11.5 Å². The lowest BCUT2D eigenvalue weighted by Gasteiger charge is -2.12. The number of pyridine rings is 1. The standard InChI is InChI=1S/C11H15N3/c1-3-5-10(4-2)14-11-7-6-9(12)8-13-11/h2,6-8,10H,3,5,12H2,1H3,(H,13,14). The van der Waals surface area contributed by atoms with Crippen LogP contribution in [-0.2, 0) is 0 Å². The average Bonchev–Trinajstić information content (AvgIpc) is 2.20. The lowest BCUT2D eigenvalue weighted by atomic mass is 10.2. The van der Waals surface area contributed by atoms with Gasteiger partial charge < -0.3 is 11.1 Å². The van der Waals surface area contributed by atoms with E-state index in [4.69, 9.17) is 12.2 Å². The van der Waals surface area contributed by atoms with Gasteiger partial charge in [-0.05, 0) is 18.6 Å². The number of terminal acetylenes is 1. The average molecular weight is 189 g/mol. The highest BCUT2D eigenvalue weighted by Gasteiger charge is 2.03. The second-order valence-electron chi connectivity index (χ2n) is 3.13. The van der Waals surface area contributed by atoms with Gasteiger partial charge in [-0.2, -0.15) is 0 Å². The van der Waals surface area contributed by atoms with Crippen molar-refractivity contribution in [2.24, 2.45) is 0 Å². The van der Waals surface area contributed by atoms with E-state index in [0.29, 0.717) is 5.69 Å². The Morgan fingerprint density at radius 3 is 2.93 bits per heavy atom. The van der Waals surface area contributed by atoms with Gasteiger partial charge in [0, 0.05) is 0 Å². The number of anilines is 2. The summed E-state index contributed by atoms with van der Waals surface area (Å²) in [7, 11) is 0. The van der Waals surface area contributed by atoms with Crippen LogP contribution in [0.1, 0.15) is 19.8 Å². The van der Waals surface area contributed by atoms with Crippen molar-refractivity contribution in [2.75, 3.05) is 11.1 Å². The predicted octanol–water partition coefficient (Wildman–Crippen LogP) is 1.88. The number of hydrogen-bond acceptors (Lipinski definition) is 3. The molecule has 3 heteroatoms. The molecule has 0 saturated carbocycles. The van der Waals surface area contributed by atoms with E-state index in [1.54, 1.807) is 12.3 Å². The third-order valence-corrected chi connectivity index (χ3v) is 1.89. The van der Waals surface area contributed by atoms with E-state index < -0.39 is 0 Å². The maximum atomic E-state index is 5.52. The second kappa shape index (κ2) is 5.13. The van der Waals surface area contributed by atoms with Crippen LogP contribution in [0.3, 0.4) is 0 Å². The molecule has 0 bridgehead atoms. The van der Waals surface area contributed by atoms with Crippen molar-refractivity contribution in [1.29, 1.82) is 0 Å². The molecule has 14 heavy (non-hydrogen) atoms. The highest BCUT2D eigenvalue weighted by molar-refractivity contribution is 5.45. The van der Waals surface area contributed by atoms with Crippen LogP contribution < -0.4 is 11.1 Å². The summed E-state index contributed by atoms with van der Waals surface area (Å²) >= 11 is 0. The molecule has 0 aliphatic rings. The second-order valence-corrected chi connectivity index (χ2v) is 3.13. The zero-order valence-electron chi connectivity index (χ0n) is 8.33. The molecule has 0 spiro atoms. The fourth-order valence-corrected chi connectivity index (χ4v) is 1.16. The molecule has 1 atom stereocenters. The molecule has 1 aromatic rings. The van der Waals surface area contributed by atoms with E-state index >= 15 is 0 Å². The first-order chi connectivity index (χ1) is 6.76. The van der Waals surface area contributed by atoms with Gasteiger partial charge in [0.25, 0.3) is 0 Å². The number of hydrogen-bond donors (Lipinski definition) is 2. The molecule has 0 amide bonds. The van der Waals surface area contributed by atoms with Gasteiger partial charge in [-0.1, -0.05) is 19.3 Å². The SMILES string of the molecule is C#CC(CCC)Nc1ccc(N)cn1. The molecule has 1 rings (SSSR count). The summed E-state index contributed by atoms with van der Waals surface area (Å²) in [5, 5.41) is 3.15. The summed E-state index contributed by atoms with van der Waals surface area (Å²) in [5.74, 6) is 3.46. The Morgan fingerprint density at radius 1 is 1.64 bits per heavy atom. The Hall–Kier alpha value is -1.69. The van der Waals surface area contributed by atoms with Crippen molar-refractivity contribution in [1.82, 2.24) is 4.98 Å². The van der Waals surface area contributed by atoms with Crippen LogP contribution in [0, 0.1) is 12.3 Å². The van der Waals surface area contributed by atoms with E-state index in [-0.39, 0.29) is 6.04 Å². The molecule has 0 aromatic carbocycles. The fraction of sp³-hybridized carbons (Fsp3) is 0.364. The molecule has 74 valence electrons. The van der Waals surface area contributed by atoms with Crippen molar-refractivity contribution in [3.05, 3.63) is 18.3 Å². The summed E-state index contributed by atoms with van der Waals surface area (Å²) in [4.78, 5) is 4.12. The first kappa shape index (κ1) is 10.4. The monoisotopic (exact) mass is 189 g/mol. The van der Waals surface area contributed by atoms with Crippen molar-refractivity contribution in [3.8, 4) is 12.3 Å². The molecule has 0 aliphatic carbocycles. The maximum absolute atomic E-state index is 5.52. The molecule has 1 unspecified atom stereocenters. The van der Waals surface area contributed by atoms with Gasteiger partial charge in [-0.15, -0.1) is 6.42 Å².